The molecule has 0 saturated carbocycles. The largest absolute Gasteiger partial charge is 0.0982 e. The molecule has 4 rings (SSSR count). The molecule has 1 unspecified atom stereocenters. The number of hydrogen-bond donors (Lipinski definition) is 0. The molecule has 3 aromatic carbocycles. The summed E-state index contributed by atoms with van der Waals surface area (Å²) >= 11 is 0. The molecule has 3 aromatic rings. The lowest BCUT2D eigenvalue weighted by molar-refractivity contribution is 0.857. The summed E-state index contributed by atoms with van der Waals surface area (Å²) in [7, 11) is -0.379. The van der Waals surface area contributed by atoms with E-state index in [9.17, 15) is 0 Å². The Morgan fingerprint density at radius 3 is 1.62 bits per heavy atom. The summed E-state index contributed by atoms with van der Waals surface area (Å²) in [5.74, 6) is 0. The lowest BCUT2D eigenvalue weighted by atomic mass is 9.84. The molecule has 1 atom stereocenters. The van der Waals surface area contributed by atoms with Crippen LogP contribution in [0, 0.1) is 0 Å². The minimum atomic E-state index is -0.379. The van der Waals surface area contributed by atoms with E-state index in [2.05, 4.69) is 97.6 Å². The van der Waals surface area contributed by atoms with Crippen LogP contribution in [-0.4, -0.2) is 6.16 Å². The second-order valence-corrected chi connectivity index (χ2v) is 8.77. The highest BCUT2D eigenvalue weighted by atomic mass is 31.1. The highest BCUT2D eigenvalue weighted by Gasteiger charge is 2.48. The van der Waals surface area contributed by atoms with E-state index in [1.165, 1.54) is 28.2 Å². The van der Waals surface area contributed by atoms with Crippen molar-refractivity contribution in [3.8, 4) is 0 Å². The number of benzene rings is 3. The third-order valence-electron chi connectivity index (χ3n) is 5.00. The van der Waals surface area contributed by atoms with Crippen LogP contribution in [0.5, 0.6) is 0 Å². The molecule has 0 aromatic heterocycles. The van der Waals surface area contributed by atoms with Gasteiger partial charge in [0.1, 0.15) is 0 Å². The molecule has 1 heterocycles. The molecular formula is C23H21P. The van der Waals surface area contributed by atoms with Gasteiger partial charge in [-0.05, 0) is 29.0 Å². The Morgan fingerprint density at radius 2 is 1.12 bits per heavy atom. The van der Waals surface area contributed by atoms with Crippen molar-refractivity contribution >= 4 is 13.2 Å². The predicted octanol–water partition coefficient (Wildman–Crippen LogP) is 5.70. The highest BCUT2D eigenvalue weighted by Crippen LogP contribution is 2.67. The number of hydrogen-bond acceptors (Lipinski definition) is 0. The Morgan fingerprint density at radius 1 is 0.667 bits per heavy atom. The molecule has 24 heavy (non-hydrogen) atoms. The van der Waals surface area contributed by atoms with E-state index in [0.717, 1.165) is 6.42 Å². The topological polar surface area (TPSA) is 0 Å². The van der Waals surface area contributed by atoms with Crippen molar-refractivity contribution in [2.45, 2.75) is 11.6 Å². The standard InChI is InChI=1S/C23H21P/c1-19-17-18-24(22-15-9-4-10-16-22)23(19,20-11-5-2-6-12-20)21-13-7-3-8-14-21/h2-16H,1,17-18H2. The molecule has 0 amide bonds. The highest BCUT2D eigenvalue weighted by molar-refractivity contribution is 7.67. The van der Waals surface area contributed by atoms with E-state index in [4.69, 9.17) is 0 Å². The van der Waals surface area contributed by atoms with Gasteiger partial charge in [0.2, 0.25) is 0 Å². The number of rotatable bonds is 3. The van der Waals surface area contributed by atoms with Crippen molar-refractivity contribution in [2.75, 3.05) is 6.16 Å². The maximum Gasteiger partial charge on any atom is 0.0648 e. The molecule has 0 N–H and O–H groups in total. The first-order valence-electron chi connectivity index (χ1n) is 8.45. The number of allylic oxidation sites excluding steroid dienone is 1. The van der Waals surface area contributed by atoms with Crippen LogP contribution < -0.4 is 5.30 Å². The van der Waals surface area contributed by atoms with Crippen molar-refractivity contribution in [1.29, 1.82) is 0 Å². The van der Waals surface area contributed by atoms with E-state index >= 15 is 0 Å². The van der Waals surface area contributed by atoms with Gasteiger partial charge in [-0.3, -0.25) is 0 Å². The third-order valence-corrected chi connectivity index (χ3v) is 8.24. The fourth-order valence-electron chi connectivity index (χ4n) is 3.96. The Hall–Kier alpha value is -2.17. The van der Waals surface area contributed by atoms with Gasteiger partial charge in [0.05, 0.1) is 5.16 Å². The van der Waals surface area contributed by atoms with Crippen LogP contribution in [0.1, 0.15) is 17.5 Å². The SMILES string of the molecule is C=C1CCP(c2ccccc2)C1(c1ccccc1)c1ccccc1. The van der Waals surface area contributed by atoms with E-state index in [1.807, 2.05) is 0 Å². The second-order valence-electron chi connectivity index (χ2n) is 6.28. The minimum absolute atomic E-state index is 0.0702. The van der Waals surface area contributed by atoms with Crippen LogP contribution in [0.25, 0.3) is 0 Å². The first kappa shape index (κ1) is 15.4. The first-order valence-corrected chi connectivity index (χ1v) is 9.98. The van der Waals surface area contributed by atoms with Gasteiger partial charge in [-0.2, -0.15) is 0 Å². The minimum Gasteiger partial charge on any atom is -0.0982 e. The molecule has 1 saturated heterocycles. The van der Waals surface area contributed by atoms with Gasteiger partial charge in [-0.1, -0.05) is 111 Å². The zero-order valence-corrected chi connectivity index (χ0v) is 14.6. The molecule has 1 aliphatic heterocycles. The zero-order valence-electron chi connectivity index (χ0n) is 13.7. The van der Waals surface area contributed by atoms with Crippen molar-refractivity contribution in [3.63, 3.8) is 0 Å². The predicted molar refractivity (Wildman–Crippen MR) is 105 cm³/mol. The fraction of sp³-hybridized carbons (Fsp3) is 0.130. The molecule has 0 spiro atoms. The smallest absolute Gasteiger partial charge is 0.0648 e. The summed E-state index contributed by atoms with van der Waals surface area (Å²) in [5.41, 5.74) is 4.12. The molecule has 1 fully saturated rings. The van der Waals surface area contributed by atoms with E-state index < -0.39 is 0 Å². The second kappa shape index (κ2) is 6.38. The van der Waals surface area contributed by atoms with Crippen LogP contribution in [0.3, 0.4) is 0 Å². The normalized spacial score (nSPS) is 19.3. The quantitative estimate of drug-likeness (QED) is 0.427. The van der Waals surface area contributed by atoms with Gasteiger partial charge in [-0.15, -0.1) is 0 Å². The van der Waals surface area contributed by atoms with Crippen molar-refractivity contribution in [3.05, 3.63) is 114 Å². The van der Waals surface area contributed by atoms with Crippen LogP contribution in [0.4, 0.5) is 0 Å². The van der Waals surface area contributed by atoms with Crippen LogP contribution in [-0.2, 0) is 5.16 Å². The third kappa shape index (κ3) is 2.34. The van der Waals surface area contributed by atoms with Crippen molar-refractivity contribution in [1.82, 2.24) is 0 Å². The van der Waals surface area contributed by atoms with Gasteiger partial charge in [-0.25, -0.2) is 0 Å². The van der Waals surface area contributed by atoms with E-state index in [1.54, 1.807) is 0 Å². The lowest BCUT2D eigenvalue weighted by Crippen LogP contribution is -2.27. The Bertz CT molecular complexity index is 782. The molecule has 0 bridgehead atoms. The maximum atomic E-state index is 4.55. The molecule has 1 aliphatic rings. The van der Waals surface area contributed by atoms with Gasteiger partial charge >= 0.3 is 0 Å². The van der Waals surface area contributed by atoms with Crippen LogP contribution in [0.15, 0.2) is 103 Å². The van der Waals surface area contributed by atoms with Crippen LogP contribution >= 0.6 is 7.92 Å². The Kier molecular flexibility index (Phi) is 4.08. The fourth-order valence-corrected chi connectivity index (χ4v) is 7.38. The molecule has 0 nitrogen and oxygen atoms in total. The van der Waals surface area contributed by atoms with Gasteiger partial charge in [0.15, 0.2) is 0 Å². The summed E-state index contributed by atoms with van der Waals surface area (Å²) in [6.07, 6.45) is 2.31. The summed E-state index contributed by atoms with van der Waals surface area (Å²) in [5, 5.41) is 1.40. The summed E-state index contributed by atoms with van der Waals surface area (Å²) in [6.45, 7) is 4.55. The molecule has 0 aliphatic carbocycles. The molecule has 118 valence electrons. The Balaban J connectivity index is 1.99. The summed E-state index contributed by atoms with van der Waals surface area (Å²) in [6, 6.07) is 33.0. The monoisotopic (exact) mass is 328 g/mol. The summed E-state index contributed by atoms with van der Waals surface area (Å²) < 4.78 is 0. The van der Waals surface area contributed by atoms with Crippen molar-refractivity contribution < 1.29 is 0 Å². The summed E-state index contributed by atoms with van der Waals surface area (Å²) in [4.78, 5) is 0. The van der Waals surface area contributed by atoms with Gasteiger partial charge < -0.3 is 0 Å². The average Bonchev–Trinajstić information content (AvgIpc) is 3.02. The van der Waals surface area contributed by atoms with E-state index in [0.29, 0.717) is 0 Å². The average molecular weight is 328 g/mol. The first-order chi connectivity index (χ1) is 11.8. The lowest BCUT2D eigenvalue weighted by Gasteiger charge is -2.38. The van der Waals surface area contributed by atoms with E-state index in [-0.39, 0.29) is 13.1 Å². The van der Waals surface area contributed by atoms with Crippen LogP contribution in [0.2, 0.25) is 0 Å². The van der Waals surface area contributed by atoms with Gasteiger partial charge in [0.25, 0.3) is 0 Å². The molecule has 0 radical (unpaired) electrons. The molecular weight excluding hydrogens is 307 g/mol. The van der Waals surface area contributed by atoms with Gasteiger partial charge in [0, 0.05) is 0 Å². The zero-order chi connectivity index (χ0) is 16.4. The maximum absolute atomic E-state index is 4.55. The van der Waals surface area contributed by atoms with Crippen molar-refractivity contribution in [2.24, 2.45) is 0 Å². The molecule has 1 heteroatoms. The Labute approximate surface area is 145 Å².